The van der Waals surface area contributed by atoms with Crippen molar-refractivity contribution >= 4 is 65.6 Å². The van der Waals surface area contributed by atoms with Crippen LogP contribution in [0, 0.1) is 0 Å². The fourth-order valence-electron chi connectivity index (χ4n) is 6.25. The fourth-order valence-corrected chi connectivity index (χ4v) is 6.25. The Morgan fingerprint density at radius 1 is 0.513 bits per heavy atom. The van der Waals surface area contributed by atoms with Crippen molar-refractivity contribution < 1.29 is 4.42 Å². The lowest BCUT2D eigenvalue weighted by Gasteiger charge is -2.12. The summed E-state index contributed by atoms with van der Waals surface area (Å²) in [7, 11) is 0. The first-order valence-electron chi connectivity index (χ1n) is 13.2. The molecular weight excluding hydrogens is 478 g/mol. The summed E-state index contributed by atoms with van der Waals surface area (Å²) >= 11 is 0. The lowest BCUT2D eigenvalue weighted by atomic mass is 10.0. The number of fused-ring (bicyclic) bond motifs is 10. The zero-order valence-corrected chi connectivity index (χ0v) is 20.9. The van der Waals surface area contributed by atoms with Crippen LogP contribution in [0.4, 0.5) is 0 Å². The van der Waals surface area contributed by atoms with Crippen LogP contribution in [0.5, 0.6) is 0 Å². The molecule has 0 saturated carbocycles. The van der Waals surface area contributed by atoms with Gasteiger partial charge in [0.2, 0.25) is 5.95 Å². The highest BCUT2D eigenvalue weighted by Gasteiger charge is 2.24. The predicted octanol–water partition coefficient (Wildman–Crippen LogP) is 9.18. The quantitative estimate of drug-likeness (QED) is 0.238. The molecule has 0 aliphatic heterocycles. The molecule has 0 N–H and O–H groups in total. The van der Waals surface area contributed by atoms with Gasteiger partial charge in [-0.2, -0.15) is 0 Å². The molecule has 0 aliphatic carbocycles. The Balaban J connectivity index is 1.56. The second-order valence-electron chi connectivity index (χ2n) is 10.0. The largest absolute Gasteiger partial charge is 0.454 e. The van der Waals surface area contributed by atoms with Gasteiger partial charge in [-0.05, 0) is 53.2 Å². The summed E-state index contributed by atoms with van der Waals surface area (Å²) in [5.41, 5.74) is 6.97. The molecule has 0 aliphatic rings. The van der Waals surface area contributed by atoms with Crippen molar-refractivity contribution in [3.8, 4) is 11.6 Å². The number of nitrogens with zero attached hydrogens (tertiary/aromatic N) is 3. The minimum absolute atomic E-state index is 0.839. The summed E-state index contributed by atoms with van der Waals surface area (Å²) in [5, 5.41) is 7.01. The van der Waals surface area contributed by atoms with Crippen LogP contribution in [0.2, 0.25) is 0 Å². The van der Waals surface area contributed by atoms with Gasteiger partial charge in [-0.25, -0.2) is 4.98 Å². The average Bonchev–Trinajstić information content (AvgIpc) is 3.66. The van der Waals surface area contributed by atoms with Gasteiger partial charge in [0.25, 0.3) is 0 Å². The molecule has 39 heavy (non-hydrogen) atoms. The predicted molar refractivity (Wildman–Crippen MR) is 160 cm³/mol. The third-order valence-corrected chi connectivity index (χ3v) is 7.92. The van der Waals surface area contributed by atoms with Gasteiger partial charge >= 0.3 is 0 Å². The molecule has 0 atom stereocenters. The van der Waals surface area contributed by atoms with Crippen molar-refractivity contribution in [2.24, 2.45) is 0 Å². The average molecular weight is 500 g/mol. The van der Waals surface area contributed by atoms with E-state index in [1.165, 1.54) is 16.2 Å². The molecule has 4 nitrogen and oxygen atoms in total. The molecule has 0 bridgehead atoms. The first kappa shape index (κ1) is 20.7. The van der Waals surface area contributed by atoms with Crippen LogP contribution in [0.15, 0.2) is 132 Å². The van der Waals surface area contributed by atoms with Gasteiger partial charge < -0.3 is 4.42 Å². The molecule has 0 amide bonds. The summed E-state index contributed by atoms with van der Waals surface area (Å²) in [6.45, 7) is 0. The van der Waals surface area contributed by atoms with Crippen molar-refractivity contribution in [1.82, 2.24) is 14.1 Å². The van der Waals surface area contributed by atoms with Gasteiger partial charge in [0, 0.05) is 27.2 Å². The van der Waals surface area contributed by atoms with Crippen molar-refractivity contribution in [2.45, 2.75) is 0 Å². The van der Waals surface area contributed by atoms with Crippen molar-refractivity contribution in [3.63, 3.8) is 0 Å². The minimum atomic E-state index is 0.839. The molecule has 0 fully saturated rings. The molecule has 182 valence electrons. The lowest BCUT2D eigenvalue weighted by Crippen LogP contribution is -2.05. The van der Waals surface area contributed by atoms with Gasteiger partial charge in [-0.1, -0.05) is 84.9 Å². The van der Waals surface area contributed by atoms with Crippen molar-refractivity contribution in [3.05, 3.63) is 127 Å². The Hall–Kier alpha value is -5.35. The van der Waals surface area contributed by atoms with Gasteiger partial charge in [0.15, 0.2) is 5.58 Å². The second kappa shape index (κ2) is 7.59. The van der Waals surface area contributed by atoms with Gasteiger partial charge in [0.05, 0.1) is 16.6 Å². The molecular formula is C35H21N3O. The number of imidazole rings is 1. The Morgan fingerprint density at radius 2 is 1.26 bits per heavy atom. The number of para-hydroxylation sites is 4. The van der Waals surface area contributed by atoms with Crippen LogP contribution in [0.25, 0.3) is 77.2 Å². The minimum Gasteiger partial charge on any atom is -0.454 e. The zero-order valence-electron chi connectivity index (χ0n) is 20.9. The summed E-state index contributed by atoms with van der Waals surface area (Å²) in [6.07, 6.45) is 0. The number of aromatic nitrogens is 3. The van der Waals surface area contributed by atoms with Crippen molar-refractivity contribution in [2.75, 3.05) is 0 Å². The molecule has 3 heterocycles. The van der Waals surface area contributed by atoms with E-state index in [1.807, 2.05) is 24.3 Å². The van der Waals surface area contributed by atoms with E-state index in [9.17, 15) is 0 Å². The number of furan rings is 1. The molecule has 0 saturated heterocycles. The molecule has 3 aromatic heterocycles. The third kappa shape index (κ3) is 2.75. The maximum atomic E-state index is 6.63. The Bertz CT molecular complexity index is 2390. The number of benzene rings is 6. The molecule has 4 heteroatoms. The van der Waals surface area contributed by atoms with Crippen molar-refractivity contribution in [1.29, 1.82) is 0 Å². The normalized spacial score (nSPS) is 12.1. The first-order valence-corrected chi connectivity index (χ1v) is 13.2. The second-order valence-corrected chi connectivity index (χ2v) is 10.0. The topological polar surface area (TPSA) is 35.9 Å². The van der Waals surface area contributed by atoms with Crippen LogP contribution < -0.4 is 0 Å². The Morgan fingerprint density at radius 3 is 2.18 bits per heavy atom. The lowest BCUT2D eigenvalue weighted by molar-refractivity contribution is 0.670. The van der Waals surface area contributed by atoms with Gasteiger partial charge in [-0.3, -0.25) is 9.13 Å². The zero-order chi connectivity index (χ0) is 25.5. The Labute approximate surface area is 222 Å². The van der Waals surface area contributed by atoms with E-state index < -0.39 is 0 Å². The molecule has 0 radical (unpaired) electrons. The fraction of sp³-hybridized carbons (Fsp3) is 0. The van der Waals surface area contributed by atoms with E-state index in [-0.39, 0.29) is 0 Å². The van der Waals surface area contributed by atoms with Crippen LogP contribution in [0.3, 0.4) is 0 Å². The van der Waals surface area contributed by atoms with Gasteiger partial charge in [0.1, 0.15) is 11.1 Å². The smallest absolute Gasteiger partial charge is 0.220 e. The van der Waals surface area contributed by atoms with Crippen LogP contribution in [-0.2, 0) is 0 Å². The van der Waals surface area contributed by atoms with Crippen LogP contribution in [0.1, 0.15) is 0 Å². The standard InChI is InChI=1S/C35H21N3O/c1-2-11-23(12-3-1)37-29-16-8-7-15-28(29)36-35(37)38-30-21-18-22-10-4-5-13-24(22)32(30)27-20-19-26-25-14-6-9-17-31(25)39-34(26)33(27)38/h1-21H. The van der Waals surface area contributed by atoms with E-state index in [0.717, 1.165) is 61.0 Å². The van der Waals surface area contributed by atoms with E-state index in [2.05, 4.69) is 112 Å². The number of hydrogen-bond donors (Lipinski definition) is 0. The first-order chi connectivity index (χ1) is 19.4. The maximum absolute atomic E-state index is 6.63. The number of hydrogen-bond acceptors (Lipinski definition) is 2. The van der Waals surface area contributed by atoms with E-state index in [0.29, 0.717) is 0 Å². The molecule has 6 aromatic carbocycles. The highest BCUT2D eigenvalue weighted by Crippen LogP contribution is 2.43. The van der Waals surface area contributed by atoms with E-state index in [1.54, 1.807) is 0 Å². The summed E-state index contributed by atoms with van der Waals surface area (Å²) in [5.74, 6) is 0.839. The Kier molecular flexibility index (Phi) is 4.02. The molecule has 0 spiro atoms. The van der Waals surface area contributed by atoms with Gasteiger partial charge in [-0.15, -0.1) is 0 Å². The highest BCUT2D eigenvalue weighted by atomic mass is 16.3. The highest BCUT2D eigenvalue weighted by molar-refractivity contribution is 6.27. The monoisotopic (exact) mass is 499 g/mol. The van der Waals surface area contributed by atoms with E-state index >= 15 is 0 Å². The van der Waals surface area contributed by atoms with E-state index in [4.69, 9.17) is 9.40 Å². The SMILES string of the molecule is c1ccc(-n2c(-n3c4ccc5ccccc5c4c4ccc5c6ccccc6oc5c43)nc3ccccc32)cc1. The summed E-state index contributed by atoms with van der Waals surface area (Å²) in [6, 6.07) is 44.6. The molecule has 9 aromatic rings. The van der Waals surface area contributed by atoms with Crippen LogP contribution >= 0.6 is 0 Å². The summed E-state index contributed by atoms with van der Waals surface area (Å²) < 4.78 is 11.2. The maximum Gasteiger partial charge on any atom is 0.220 e. The third-order valence-electron chi connectivity index (χ3n) is 7.92. The number of rotatable bonds is 2. The van der Waals surface area contributed by atoms with Crippen LogP contribution in [-0.4, -0.2) is 14.1 Å². The molecule has 0 unspecified atom stereocenters. The molecule has 9 rings (SSSR count). The summed E-state index contributed by atoms with van der Waals surface area (Å²) in [4.78, 5) is 5.26.